The molecule has 0 saturated heterocycles. The molecular formula is C14H11IN2O2. The molecule has 2 N–H and O–H groups in total. The molecule has 2 aromatic carbocycles. The summed E-state index contributed by atoms with van der Waals surface area (Å²) in [6, 6.07) is 13.9. The number of phenolic OH excluding ortho intramolecular Hbond substituents is 1. The predicted octanol–water partition coefficient (Wildman–Crippen LogP) is 2.76. The smallest absolute Gasteiger partial charge is 0.271 e. The first-order valence-corrected chi connectivity index (χ1v) is 6.61. The number of benzene rings is 2. The molecule has 0 aliphatic rings. The van der Waals surface area contributed by atoms with E-state index in [9.17, 15) is 9.90 Å². The molecule has 0 saturated carbocycles. The summed E-state index contributed by atoms with van der Waals surface area (Å²) in [6.07, 6.45) is 1.40. The molecular weight excluding hydrogens is 355 g/mol. The van der Waals surface area contributed by atoms with Crippen LogP contribution in [0.5, 0.6) is 5.75 Å². The van der Waals surface area contributed by atoms with Crippen molar-refractivity contribution in [2.45, 2.75) is 0 Å². The fourth-order valence-corrected chi connectivity index (χ4v) is 1.78. The van der Waals surface area contributed by atoms with E-state index < -0.39 is 0 Å². The molecule has 0 aromatic heterocycles. The van der Waals surface area contributed by atoms with Crippen LogP contribution in [0.2, 0.25) is 0 Å². The number of nitrogens with zero attached hydrogens (tertiary/aromatic N) is 1. The van der Waals surface area contributed by atoms with Crippen LogP contribution in [-0.2, 0) is 0 Å². The minimum absolute atomic E-state index is 0.120. The van der Waals surface area contributed by atoms with E-state index >= 15 is 0 Å². The van der Waals surface area contributed by atoms with E-state index in [4.69, 9.17) is 0 Å². The number of amides is 1. The van der Waals surface area contributed by atoms with Gasteiger partial charge in [-0.2, -0.15) is 5.10 Å². The lowest BCUT2D eigenvalue weighted by Crippen LogP contribution is -2.17. The number of carbonyl (C=O) groups is 1. The molecule has 96 valence electrons. The summed E-state index contributed by atoms with van der Waals surface area (Å²) in [7, 11) is 0. The van der Waals surface area contributed by atoms with Gasteiger partial charge in [-0.25, -0.2) is 5.43 Å². The zero-order chi connectivity index (χ0) is 13.7. The third kappa shape index (κ3) is 3.78. The second-order valence-electron chi connectivity index (χ2n) is 3.76. The molecule has 2 aromatic rings. The van der Waals surface area contributed by atoms with Crippen molar-refractivity contribution in [3.63, 3.8) is 0 Å². The highest BCUT2D eigenvalue weighted by atomic mass is 127. The summed E-state index contributed by atoms with van der Waals surface area (Å²) in [6.45, 7) is 0. The van der Waals surface area contributed by atoms with Crippen LogP contribution in [0, 0.1) is 3.57 Å². The number of para-hydroxylation sites is 1. The number of rotatable bonds is 3. The maximum Gasteiger partial charge on any atom is 0.271 e. The first-order chi connectivity index (χ1) is 9.16. The average molecular weight is 366 g/mol. The van der Waals surface area contributed by atoms with Gasteiger partial charge in [0.15, 0.2) is 0 Å². The molecule has 0 bridgehead atoms. The second kappa shape index (κ2) is 6.33. The van der Waals surface area contributed by atoms with Crippen molar-refractivity contribution in [1.82, 2.24) is 5.43 Å². The van der Waals surface area contributed by atoms with Crippen LogP contribution in [0.25, 0.3) is 0 Å². The molecule has 0 spiro atoms. The molecule has 4 nitrogen and oxygen atoms in total. The van der Waals surface area contributed by atoms with Crippen LogP contribution in [0.3, 0.4) is 0 Å². The van der Waals surface area contributed by atoms with Gasteiger partial charge in [-0.1, -0.05) is 12.1 Å². The predicted molar refractivity (Wildman–Crippen MR) is 82.3 cm³/mol. The molecule has 5 heteroatoms. The van der Waals surface area contributed by atoms with Crippen LogP contribution < -0.4 is 5.43 Å². The van der Waals surface area contributed by atoms with Gasteiger partial charge in [0.05, 0.1) is 6.21 Å². The molecule has 0 aliphatic carbocycles. The van der Waals surface area contributed by atoms with Crippen LogP contribution >= 0.6 is 22.6 Å². The number of phenols is 1. The SMILES string of the molecule is O=C(N/N=C\c1ccccc1O)c1ccc(I)cc1. The summed E-state index contributed by atoms with van der Waals surface area (Å²) >= 11 is 2.17. The Labute approximate surface area is 124 Å². The Kier molecular flexibility index (Phi) is 4.51. The highest BCUT2D eigenvalue weighted by Crippen LogP contribution is 2.12. The molecule has 0 atom stereocenters. The summed E-state index contributed by atoms with van der Waals surface area (Å²) in [5.74, 6) is -0.169. The maximum absolute atomic E-state index is 11.7. The van der Waals surface area contributed by atoms with E-state index in [1.807, 2.05) is 12.1 Å². The number of aromatic hydroxyl groups is 1. The van der Waals surface area contributed by atoms with Gasteiger partial charge in [0, 0.05) is 14.7 Å². The van der Waals surface area contributed by atoms with Crippen molar-refractivity contribution in [1.29, 1.82) is 0 Å². The van der Waals surface area contributed by atoms with Gasteiger partial charge in [0.1, 0.15) is 5.75 Å². The Balaban J connectivity index is 2.01. The van der Waals surface area contributed by atoms with E-state index in [1.54, 1.807) is 36.4 Å². The van der Waals surface area contributed by atoms with Crippen LogP contribution in [0.4, 0.5) is 0 Å². The summed E-state index contributed by atoms with van der Waals surface area (Å²) in [5, 5.41) is 13.3. The molecule has 0 unspecified atom stereocenters. The van der Waals surface area contributed by atoms with E-state index in [0.29, 0.717) is 11.1 Å². The lowest BCUT2D eigenvalue weighted by molar-refractivity contribution is 0.0955. The van der Waals surface area contributed by atoms with Crippen molar-refractivity contribution < 1.29 is 9.90 Å². The van der Waals surface area contributed by atoms with Crippen LogP contribution in [0.15, 0.2) is 53.6 Å². The maximum atomic E-state index is 11.7. The Bertz CT molecular complexity index is 609. The number of halogens is 1. The molecule has 0 fully saturated rings. The van der Waals surface area contributed by atoms with E-state index in [1.165, 1.54) is 6.21 Å². The second-order valence-corrected chi connectivity index (χ2v) is 5.01. The van der Waals surface area contributed by atoms with Gasteiger partial charge in [-0.3, -0.25) is 4.79 Å². The number of hydrazone groups is 1. The van der Waals surface area contributed by atoms with Gasteiger partial charge >= 0.3 is 0 Å². The van der Waals surface area contributed by atoms with E-state index in [0.717, 1.165) is 3.57 Å². The van der Waals surface area contributed by atoms with Crippen molar-refractivity contribution in [2.24, 2.45) is 5.10 Å². The standard InChI is InChI=1S/C14H11IN2O2/c15-12-7-5-10(6-8-12)14(19)17-16-9-11-3-1-2-4-13(11)18/h1-9,18H,(H,17,19)/b16-9-. The van der Waals surface area contributed by atoms with Crippen molar-refractivity contribution >= 4 is 34.7 Å². The fourth-order valence-electron chi connectivity index (χ4n) is 1.42. The zero-order valence-corrected chi connectivity index (χ0v) is 12.0. The van der Waals surface area contributed by atoms with Crippen molar-refractivity contribution in [3.05, 3.63) is 63.2 Å². The third-order valence-corrected chi connectivity index (χ3v) is 3.13. The zero-order valence-electron chi connectivity index (χ0n) is 9.88. The van der Waals surface area contributed by atoms with Gasteiger partial charge in [0.2, 0.25) is 0 Å². The van der Waals surface area contributed by atoms with E-state index in [-0.39, 0.29) is 11.7 Å². The lowest BCUT2D eigenvalue weighted by atomic mass is 10.2. The summed E-state index contributed by atoms with van der Waals surface area (Å²) < 4.78 is 1.06. The summed E-state index contributed by atoms with van der Waals surface area (Å²) in [4.78, 5) is 11.7. The highest BCUT2D eigenvalue weighted by Gasteiger charge is 2.03. The van der Waals surface area contributed by atoms with Crippen molar-refractivity contribution in [3.8, 4) is 5.75 Å². The highest BCUT2D eigenvalue weighted by molar-refractivity contribution is 14.1. The largest absolute Gasteiger partial charge is 0.507 e. The number of hydrogen-bond acceptors (Lipinski definition) is 3. The quantitative estimate of drug-likeness (QED) is 0.499. The molecule has 1 amide bonds. The lowest BCUT2D eigenvalue weighted by Gasteiger charge is -2.00. The topological polar surface area (TPSA) is 61.7 Å². The van der Waals surface area contributed by atoms with Crippen LogP contribution in [-0.4, -0.2) is 17.2 Å². The molecule has 0 radical (unpaired) electrons. The Hall–Kier alpha value is -1.89. The molecule has 0 aliphatic heterocycles. The Morgan fingerprint density at radius 1 is 1.16 bits per heavy atom. The van der Waals surface area contributed by atoms with Crippen molar-refractivity contribution in [2.75, 3.05) is 0 Å². The van der Waals surface area contributed by atoms with Gasteiger partial charge in [-0.05, 0) is 59.0 Å². The molecule has 19 heavy (non-hydrogen) atoms. The average Bonchev–Trinajstić information content (AvgIpc) is 2.41. The van der Waals surface area contributed by atoms with Gasteiger partial charge in [-0.15, -0.1) is 0 Å². The number of carbonyl (C=O) groups excluding carboxylic acids is 1. The monoisotopic (exact) mass is 366 g/mol. The first kappa shape index (κ1) is 13.5. The summed E-state index contributed by atoms with van der Waals surface area (Å²) in [5.41, 5.74) is 3.49. The molecule has 0 heterocycles. The Morgan fingerprint density at radius 2 is 1.84 bits per heavy atom. The normalized spacial score (nSPS) is 10.6. The third-order valence-electron chi connectivity index (χ3n) is 2.41. The van der Waals surface area contributed by atoms with Crippen LogP contribution in [0.1, 0.15) is 15.9 Å². The number of hydrogen-bond donors (Lipinski definition) is 2. The van der Waals surface area contributed by atoms with E-state index in [2.05, 4.69) is 33.1 Å². The minimum Gasteiger partial charge on any atom is -0.507 e. The van der Waals surface area contributed by atoms with Gasteiger partial charge in [0.25, 0.3) is 5.91 Å². The first-order valence-electron chi connectivity index (χ1n) is 5.54. The Morgan fingerprint density at radius 3 is 2.53 bits per heavy atom. The minimum atomic E-state index is -0.289. The fraction of sp³-hybridized carbons (Fsp3) is 0. The number of nitrogens with one attached hydrogen (secondary N) is 1. The molecule has 2 rings (SSSR count). The van der Waals surface area contributed by atoms with Gasteiger partial charge < -0.3 is 5.11 Å².